The Morgan fingerprint density at radius 3 is 2.54 bits per heavy atom. The topological polar surface area (TPSA) is 49.8 Å². The minimum atomic E-state index is -0.742. The van der Waals surface area contributed by atoms with Crippen LogP contribution in [0.1, 0.15) is 20.3 Å². The monoisotopic (exact) mass is 187 g/mol. The van der Waals surface area contributed by atoms with E-state index in [4.69, 9.17) is 9.84 Å². The van der Waals surface area contributed by atoms with Crippen molar-refractivity contribution < 1.29 is 14.6 Å². The van der Waals surface area contributed by atoms with Crippen molar-refractivity contribution in [3.05, 3.63) is 0 Å². The molecular formula is C9H17NO3. The summed E-state index contributed by atoms with van der Waals surface area (Å²) in [5.74, 6) is -0.742. The van der Waals surface area contributed by atoms with Crippen molar-refractivity contribution in [2.24, 2.45) is 0 Å². The molecule has 0 aromatic carbocycles. The lowest BCUT2D eigenvalue weighted by molar-refractivity contribution is -0.142. The molecule has 0 aromatic heterocycles. The zero-order chi connectivity index (χ0) is 10.0. The number of ether oxygens (including phenoxy) is 1. The molecule has 4 heteroatoms. The molecule has 0 saturated carbocycles. The Labute approximate surface area is 78.5 Å². The highest BCUT2D eigenvalue weighted by Crippen LogP contribution is 2.22. The van der Waals surface area contributed by atoms with Crippen molar-refractivity contribution in [3.8, 4) is 0 Å². The van der Waals surface area contributed by atoms with Gasteiger partial charge in [0.25, 0.3) is 0 Å². The zero-order valence-electron chi connectivity index (χ0n) is 8.36. The van der Waals surface area contributed by atoms with Crippen LogP contribution in [-0.2, 0) is 9.53 Å². The van der Waals surface area contributed by atoms with Crippen molar-refractivity contribution in [2.75, 3.05) is 13.7 Å². The standard InChI is InChI=1S/C9H17NO3/c1-6(2)10-5-7(13-3)4-8(10)9(11)12/h6-8H,4-5H2,1-3H3,(H,11,12)/t7-,8-/m0/s1. The van der Waals surface area contributed by atoms with E-state index in [1.54, 1.807) is 7.11 Å². The maximum absolute atomic E-state index is 10.9. The van der Waals surface area contributed by atoms with E-state index in [2.05, 4.69) is 0 Å². The summed E-state index contributed by atoms with van der Waals surface area (Å²) >= 11 is 0. The van der Waals surface area contributed by atoms with E-state index in [1.165, 1.54) is 0 Å². The van der Waals surface area contributed by atoms with Crippen molar-refractivity contribution in [2.45, 2.75) is 38.5 Å². The third-order valence-corrected chi connectivity index (χ3v) is 2.58. The molecular weight excluding hydrogens is 170 g/mol. The van der Waals surface area contributed by atoms with E-state index in [9.17, 15) is 4.79 Å². The SMILES string of the molecule is CO[C@H]1C[C@@H](C(=O)O)N(C(C)C)C1. The maximum Gasteiger partial charge on any atom is 0.321 e. The summed E-state index contributed by atoms with van der Waals surface area (Å²) in [5.41, 5.74) is 0. The largest absolute Gasteiger partial charge is 0.480 e. The minimum absolute atomic E-state index is 0.0727. The third kappa shape index (κ3) is 2.19. The fraction of sp³-hybridized carbons (Fsp3) is 0.889. The van der Waals surface area contributed by atoms with Gasteiger partial charge in [-0.3, -0.25) is 9.69 Å². The quantitative estimate of drug-likeness (QED) is 0.701. The van der Waals surface area contributed by atoms with Gasteiger partial charge in [0, 0.05) is 26.1 Å². The number of carboxylic acids is 1. The highest BCUT2D eigenvalue weighted by atomic mass is 16.5. The van der Waals surface area contributed by atoms with Gasteiger partial charge in [0.2, 0.25) is 0 Å². The van der Waals surface area contributed by atoms with E-state index >= 15 is 0 Å². The van der Waals surface area contributed by atoms with Crippen LogP contribution in [0.25, 0.3) is 0 Å². The van der Waals surface area contributed by atoms with Gasteiger partial charge in [0.05, 0.1) is 6.10 Å². The van der Waals surface area contributed by atoms with Crippen LogP contribution in [0.4, 0.5) is 0 Å². The van der Waals surface area contributed by atoms with Crippen LogP contribution < -0.4 is 0 Å². The summed E-state index contributed by atoms with van der Waals surface area (Å²) in [6.45, 7) is 4.74. The minimum Gasteiger partial charge on any atom is -0.480 e. The maximum atomic E-state index is 10.9. The van der Waals surface area contributed by atoms with E-state index in [-0.39, 0.29) is 18.2 Å². The van der Waals surface area contributed by atoms with Gasteiger partial charge in [-0.1, -0.05) is 0 Å². The molecule has 0 spiro atoms. The molecule has 2 atom stereocenters. The van der Waals surface area contributed by atoms with Crippen molar-refractivity contribution in [1.82, 2.24) is 4.90 Å². The second-order valence-electron chi connectivity index (χ2n) is 3.74. The van der Waals surface area contributed by atoms with Gasteiger partial charge >= 0.3 is 5.97 Å². The summed E-state index contributed by atoms with van der Waals surface area (Å²) in [7, 11) is 1.63. The van der Waals surface area contributed by atoms with E-state index in [1.807, 2.05) is 18.7 Å². The Bertz CT molecular complexity index is 193. The smallest absolute Gasteiger partial charge is 0.321 e. The molecule has 0 amide bonds. The molecule has 4 nitrogen and oxygen atoms in total. The zero-order valence-corrected chi connectivity index (χ0v) is 8.36. The summed E-state index contributed by atoms with van der Waals surface area (Å²) in [4.78, 5) is 12.8. The van der Waals surface area contributed by atoms with Gasteiger partial charge in [-0.25, -0.2) is 0 Å². The van der Waals surface area contributed by atoms with Crippen LogP contribution in [0.2, 0.25) is 0 Å². The lowest BCUT2D eigenvalue weighted by Crippen LogP contribution is -2.40. The van der Waals surface area contributed by atoms with Crippen LogP contribution in [0.15, 0.2) is 0 Å². The second kappa shape index (κ2) is 4.07. The van der Waals surface area contributed by atoms with Crippen LogP contribution in [-0.4, -0.2) is 47.8 Å². The van der Waals surface area contributed by atoms with Crippen molar-refractivity contribution >= 4 is 5.97 Å². The van der Waals surface area contributed by atoms with Crippen molar-refractivity contribution in [3.63, 3.8) is 0 Å². The molecule has 0 aromatic rings. The molecule has 1 heterocycles. The molecule has 1 saturated heterocycles. The first-order valence-electron chi connectivity index (χ1n) is 4.57. The molecule has 0 bridgehead atoms. The second-order valence-corrected chi connectivity index (χ2v) is 3.74. The molecule has 76 valence electrons. The van der Waals surface area contributed by atoms with E-state index in [0.717, 1.165) is 6.54 Å². The van der Waals surface area contributed by atoms with Gasteiger partial charge in [-0.05, 0) is 13.8 Å². The number of rotatable bonds is 3. The summed E-state index contributed by atoms with van der Waals surface area (Å²) in [6.07, 6.45) is 0.674. The summed E-state index contributed by atoms with van der Waals surface area (Å²) in [5, 5.41) is 8.95. The lowest BCUT2D eigenvalue weighted by Gasteiger charge is -2.24. The number of hydrogen-bond acceptors (Lipinski definition) is 3. The number of carbonyl (C=O) groups is 1. The molecule has 1 aliphatic rings. The summed E-state index contributed by atoms with van der Waals surface area (Å²) in [6, 6.07) is -0.105. The Kier molecular flexibility index (Phi) is 3.27. The molecule has 13 heavy (non-hydrogen) atoms. The average molecular weight is 187 g/mol. The highest BCUT2D eigenvalue weighted by Gasteiger charge is 2.37. The Hall–Kier alpha value is -0.610. The predicted molar refractivity (Wildman–Crippen MR) is 48.7 cm³/mol. The molecule has 0 radical (unpaired) electrons. The van der Waals surface area contributed by atoms with Gasteiger partial charge in [0.15, 0.2) is 0 Å². The molecule has 1 aliphatic heterocycles. The molecule has 1 N–H and O–H groups in total. The fourth-order valence-corrected chi connectivity index (χ4v) is 1.81. The number of likely N-dealkylation sites (tertiary alicyclic amines) is 1. The molecule has 1 rings (SSSR count). The van der Waals surface area contributed by atoms with Crippen molar-refractivity contribution in [1.29, 1.82) is 0 Å². The number of hydrogen-bond donors (Lipinski definition) is 1. The highest BCUT2D eigenvalue weighted by molar-refractivity contribution is 5.74. The average Bonchev–Trinajstić information content (AvgIpc) is 2.47. The first-order valence-corrected chi connectivity index (χ1v) is 4.57. The number of carboxylic acid groups (broad SMARTS) is 1. The summed E-state index contributed by atoms with van der Waals surface area (Å²) < 4.78 is 5.17. The van der Waals surface area contributed by atoms with Gasteiger partial charge in [-0.2, -0.15) is 0 Å². The van der Waals surface area contributed by atoms with Crippen LogP contribution in [0, 0.1) is 0 Å². The normalized spacial score (nSPS) is 29.8. The molecule has 0 aliphatic carbocycles. The number of methoxy groups -OCH3 is 1. The van der Waals surface area contributed by atoms with E-state index < -0.39 is 5.97 Å². The molecule has 0 unspecified atom stereocenters. The van der Waals surface area contributed by atoms with Gasteiger partial charge in [-0.15, -0.1) is 0 Å². The Balaban J connectivity index is 2.65. The van der Waals surface area contributed by atoms with Gasteiger partial charge in [0.1, 0.15) is 6.04 Å². The van der Waals surface area contributed by atoms with Crippen LogP contribution in [0.5, 0.6) is 0 Å². The first kappa shape index (κ1) is 10.5. The Morgan fingerprint density at radius 2 is 2.23 bits per heavy atom. The fourth-order valence-electron chi connectivity index (χ4n) is 1.81. The third-order valence-electron chi connectivity index (χ3n) is 2.58. The van der Waals surface area contributed by atoms with Gasteiger partial charge < -0.3 is 9.84 Å². The van der Waals surface area contributed by atoms with Crippen LogP contribution in [0.3, 0.4) is 0 Å². The lowest BCUT2D eigenvalue weighted by atomic mass is 10.2. The van der Waals surface area contributed by atoms with Crippen LogP contribution >= 0.6 is 0 Å². The number of nitrogens with zero attached hydrogens (tertiary/aromatic N) is 1. The number of aliphatic carboxylic acids is 1. The Morgan fingerprint density at radius 1 is 1.62 bits per heavy atom. The predicted octanol–water partition coefficient (Wildman–Crippen LogP) is 0.569. The van der Waals surface area contributed by atoms with E-state index in [0.29, 0.717) is 6.42 Å². The first-order chi connectivity index (χ1) is 6.06. The molecule has 1 fully saturated rings.